The number of benzene rings is 16. The lowest BCUT2D eigenvalue weighted by Crippen LogP contribution is -2.31. The minimum atomic E-state index is -0.141. The number of anilines is 6. The summed E-state index contributed by atoms with van der Waals surface area (Å²) in [6.07, 6.45) is 2.25. The number of hydrogen-bond acceptors (Lipinski definition) is 8. The van der Waals surface area contributed by atoms with E-state index in [0.29, 0.717) is 5.82 Å². The van der Waals surface area contributed by atoms with Crippen molar-refractivity contribution in [2.45, 2.75) is 6.04 Å². The maximum absolute atomic E-state index is 6.72. The van der Waals surface area contributed by atoms with Gasteiger partial charge in [0.2, 0.25) is 0 Å². The summed E-state index contributed by atoms with van der Waals surface area (Å²) < 4.78 is 13.4. The summed E-state index contributed by atoms with van der Waals surface area (Å²) in [4.78, 5) is 20.4. The van der Waals surface area contributed by atoms with Crippen molar-refractivity contribution >= 4 is 89.5 Å². The maximum atomic E-state index is 6.72. The molecule has 1 N–H and O–H groups in total. The Kier molecular flexibility index (Phi) is 17.2. The number of rotatable bonds is 17. The fourth-order valence-corrected chi connectivity index (χ4v) is 15.8. The van der Waals surface area contributed by atoms with Crippen LogP contribution >= 0.6 is 0 Å². The normalized spacial score (nSPS) is 12.7. The fraction of sp³-hybridized carbons (Fsp3) is 0.00962. The van der Waals surface area contributed by atoms with Crippen LogP contribution in [0, 0.1) is 0 Å². The summed E-state index contributed by atoms with van der Waals surface area (Å²) in [5, 5.41) is 7.98. The first-order valence-corrected chi connectivity index (χ1v) is 37.9. The van der Waals surface area contributed by atoms with Gasteiger partial charge in [-0.05, 0) is 176 Å². The van der Waals surface area contributed by atoms with Crippen LogP contribution in [-0.4, -0.2) is 15.8 Å². The van der Waals surface area contributed by atoms with Crippen LogP contribution in [0.5, 0.6) is 0 Å². The van der Waals surface area contributed by atoms with Crippen molar-refractivity contribution in [3.63, 3.8) is 0 Å². The van der Waals surface area contributed by atoms with E-state index in [1.807, 2.05) is 36.4 Å². The van der Waals surface area contributed by atoms with Gasteiger partial charge in [-0.15, -0.1) is 0 Å². The van der Waals surface area contributed by atoms with Gasteiger partial charge in [0.25, 0.3) is 0 Å². The van der Waals surface area contributed by atoms with Gasteiger partial charge >= 0.3 is 0 Å². The van der Waals surface area contributed by atoms with Crippen molar-refractivity contribution in [1.29, 1.82) is 0 Å². The van der Waals surface area contributed by atoms with Gasteiger partial charge in [-0.25, -0.2) is 15.0 Å². The Hall–Kier alpha value is -15.0. The van der Waals surface area contributed by atoms with Crippen molar-refractivity contribution in [2.75, 3.05) is 9.80 Å². The second kappa shape index (κ2) is 29.0. The molecule has 0 fully saturated rings. The van der Waals surface area contributed by atoms with E-state index in [2.05, 4.69) is 391 Å². The number of aromatic nitrogens is 2. The van der Waals surface area contributed by atoms with E-state index >= 15 is 0 Å². The number of para-hydroxylation sites is 2. The van der Waals surface area contributed by atoms with Crippen LogP contribution in [0.2, 0.25) is 0 Å². The van der Waals surface area contributed by atoms with Crippen LogP contribution in [0.4, 0.5) is 34.1 Å². The number of nitrogens with one attached hydrogen (secondary N) is 1. The molecule has 20 rings (SSSR count). The summed E-state index contributed by atoms with van der Waals surface area (Å²) in [6.45, 7) is 0. The molecular formula is C104H70N6O2. The van der Waals surface area contributed by atoms with E-state index < -0.39 is 0 Å². The standard InChI is InChI=1S/C104H70N6O2/c1-7-25-69(26-8-1)78-33-22-40-86(64-78)110(84-38-17-6-18-39-84)96-44-24-46-100-102(96)90-66-80(58-62-98(90)112-100)71-49-53-77(54-50-71)104-107-93(75-31-13-4-14-32-75)68-94(108-104)82-35-21-34-81(63-82)88-42-20-19-41-87(88)72-55-59-85(60-56-72)109(83-36-15-5-16-37-83)95-43-23-45-99-101(95)89-65-79(57-61-97(89)111-99)70-47-51-76(52-48-70)103-105-91(73-27-9-2-10-28-73)67-92(106-103)74-29-11-3-12-30-74/h1-68,93H,(H,107,108). The third-order valence-corrected chi connectivity index (χ3v) is 21.3. The molecule has 0 aliphatic carbocycles. The van der Waals surface area contributed by atoms with Gasteiger partial charge in [0.15, 0.2) is 5.82 Å². The van der Waals surface area contributed by atoms with Crippen LogP contribution in [0.1, 0.15) is 22.7 Å². The molecule has 0 amide bonds. The average molecular weight is 1440 g/mol. The van der Waals surface area contributed by atoms with Crippen molar-refractivity contribution in [2.24, 2.45) is 4.99 Å². The lowest BCUT2D eigenvalue weighted by Gasteiger charge is -2.26. The topological polar surface area (TPSA) is 82.9 Å². The molecule has 0 radical (unpaired) electrons. The van der Waals surface area contributed by atoms with Crippen molar-refractivity contribution < 1.29 is 8.83 Å². The van der Waals surface area contributed by atoms with Crippen LogP contribution in [0.25, 0.3) is 139 Å². The fourth-order valence-electron chi connectivity index (χ4n) is 15.8. The van der Waals surface area contributed by atoms with Gasteiger partial charge in [-0.1, -0.05) is 297 Å². The molecule has 112 heavy (non-hydrogen) atoms. The van der Waals surface area contributed by atoms with Crippen molar-refractivity contribution in [3.05, 3.63) is 429 Å². The van der Waals surface area contributed by atoms with Gasteiger partial charge < -0.3 is 24.0 Å². The number of amidine groups is 1. The highest BCUT2D eigenvalue weighted by molar-refractivity contribution is 6.16. The van der Waals surface area contributed by atoms with E-state index in [4.69, 9.17) is 23.8 Å². The molecule has 8 heteroatoms. The molecule has 3 aromatic heterocycles. The summed E-state index contributed by atoms with van der Waals surface area (Å²) in [6, 6.07) is 143. The van der Waals surface area contributed by atoms with Crippen LogP contribution in [0.15, 0.2) is 426 Å². The second-order valence-electron chi connectivity index (χ2n) is 28.3. The molecule has 19 aromatic rings. The van der Waals surface area contributed by atoms with Gasteiger partial charge in [0, 0.05) is 61.3 Å². The SMILES string of the molecule is C1=C(c2cccc(-c3ccccc3-c3ccc(N(c4ccccc4)c4cccc5oc6ccc(-c7ccc(-c8nc(-c9ccccc9)cc(-c9ccccc9)n8)cc7)cc6c45)cc3)c2)N=C(c2ccc(-c3ccc4oc5cccc(N(c6ccccc6)c6cccc(-c7ccccc7)c6)c5c4c3)cc2)NC1c1ccccc1. The lowest BCUT2D eigenvalue weighted by atomic mass is 9.92. The zero-order valence-corrected chi connectivity index (χ0v) is 60.9. The first-order valence-electron chi connectivity index (χ1n) is 37.9. The Labute approximate surface area is 649 Å². The summed E-state index contributed by atoms with van der Waals surface area (Å²) in [5.74, 6) is 1.47. The minimum Gasteiger partial charge on any atom is -0.456 e. The Morgan fingerprint density at radius 2 is 0.652 bits per heavy atom. The van der Waals surface area contributed by atoms with Crippen LogP contribution in [-0.2, 0) is 0 Å². The minimum absolute atomic E-state index is 0.141. The van der Waals surface area contributed by atoms with E-state index in [1.165, 1.54) is 5.56 Å². The van der Waals surface area contributed by atoms with Crippen LogP contribution in [0.3, 0.4) is 0 Å². The van der Waals surface area contributed by atoms with Gasteiger partial charge in [0.05, 0.1) is 45.3 Å². The molecule has 1 unspecified atom stereocenters. The quantitative estimate of drug-likeness (QED) is 0.0972. The second-order valence-corrected chi connectivity index (χ2v) is 28.3. The van der Waals surface area contributed by atoms with E-state index in [0.717, 1.165) is 184 Å². The first kappa shape index (κ1) is 66.4. The number of hydrogen-bond donors (Lipinski definition) is 1. The number of furan rings is 2. The van der Waals surface area contributed by atoms with E-state index in [9.17, 15) is 0 Å². The van der Waals surface area contributed by atoms with Crippen molar-refractivity contribution in [1.82, 2.24) is 15.3 Å². The zero-order valence-electron chi connectivity index (χ0n) is 60.9. The lowest BCUT2D eigenvalue weighted by molar-refractivity contribution is 0.668. The molecular weight excluding hydrogens is 1370 g/mol. The van der Waals surface area contributed by atoms with Gasteiger partial charge in [-0.2, -0.15) is 0 Å². The highest BCUT2D eigenvalue weighted by Crippen LogP contribution is 2.48. The third-order valence-electron chi connectivity index (χ3n) is 21.3. The molecule has 528 valence electrons. The Morgan fingerprint density at radius 1 is 0.259 bits per heavy atom. The molecule has 16 aromatic carbocycles. The number of nitrogens with zero attached hydrogens (tertiary/aromatic N) is 5. The predicted octanol–water partition coefficient (Wildman–Crippen LogP) is 27.7. The molecule has 8 nitrogen and oxygen atoms in total. The molecule has 0 bridgehead atoms. The maximum Gasteiger partial charge on any atom is 0.160 e. The Balaban J connectivity index is 0.598. The Morgan fingerprint density at radius 3 is 1.21 bits per heavy atom. The van der Waals surface area contributed by atoms with Crippen molar-refractivity contribution in [3.8, 4) is 89.5 Å². The number of aliphatic imine (C=N–C) groups is 1. The summed E-state index contributed by atoms with van der Waals surface area (Å²) in [5.41, 5.74) is 29.3. The highest BCUT2D eigenvalue weighted by Gasteiger charge is 2.26. The van der Waals surface area contributed by atoms with Gasteiger partial charge in [0.1, 0.15) is 28.2 Å². The van der Waals surface area contributed by atoms with E-state index in [1.54, 1.807) is 0 Å². The number of fused-ring (bicyclic) bond motifs is 6. The predicted molar refractivity (Wildman–Crippen MR) is 463 cm³/mol. The Bertz CT molecular complexity index is 6690. The van der Waals surface area contributed by atoms with Crippen LogP contribution < -0.4 is 15.1 Å². The molecule has 1 aliphatic rings. The first-order chi connectivity index (χ1) is 55.5. The molecule has 1 atom stereocenters. The van der Waals surface area contributed by atoms with Gasteiger partial charge in [-0.3, -0.25) is 0 Å². The monoisotopic (exact) mass is 1430 g/mol. The molecule has 0 saturated heterocycles. The average Bonchev–Trinajstić information content (AvgIpc) is 1.58. The smallest absolute Gasteiger partial charge is 0.160 e. The molecule has 0 spiro atoms. The molecule has 4 heterocycles. The summed E-state index contributed by atoms with van der Waals surface area (Å²) >= 11 is 0. The molecule has 0 saturated carbocycles. The molecule has 1 aliphatic heterocycles. The highest BCUT2D eigenvalue weighted by atomic mass is 16.3. The third kappa shape index (κ3) is 12.8. The largest absolute Gasteiger partial charge is 0.456 e. The van der Waals surface area contributed by atoms with E-state index in [-0.39, 0.29) is 6.04 Å². The zero-order chi connectivity index (χ0) is 74.3. The summed E-state index contributed by atoms with van der Waals surface area (Å²) in [7, 11) is 0.